The molecule has 0 spiro atoms. The van der Waals surface area contributed by atoms with Crippen LogP contribution in [0.4, 0.5) is 11.4 Å². The van der Waals surface area contributed by atoms with Crippen LogP contribution in [0.25, 0.3) is 0 Å². The first-order valence-corrected chi connectivity index (χ1v) is 5.49. The molecule has 0 amide bonds. The van der Waals surface area contributed by atoms with Gasteiger partial charge in [-0.05, 0) is 31.4 Å². The number of nitrogen functional groups attached to an aromatic ring is 1. The van der Waals surface area contributed by atoms with Crippen LogP contribution >= 0.6 is 0 Å². The normalized spacial score (nSPS) is 16.5. The topological polar surface area (TPSA) is 49.5 Å². The largest absolute Gasteiger partial charge is 0.397 e. The van der Waals surface area contributed by atoms with Crippen LogP contribution in [0.5, 0.6) is 0 Å². The molecule has 0 aliphatic carbocycles. The first kappa shape index (κ1) is 10.3. The van der Waals surface area contributed by atoms with Crippen molar-refractivity contribution in [2.45, 2.75) is 25.9 Å². The Balaban J connectivity index is 2.13. The van der Waals surface area contributed by atoms with Gasteiger partial charge >= 0.3 is 0 Å². The molecule has 82 valence electrons. The molecule has 1 heterocycles. The summed E-state index contributed by atoms with van der Waals surface area (Å²) in [7, 11) is 0. The fraction of sp³-hybridized carbons (Fsp3) is 0.500. The monoisotopic (exact) mass is 206 g/mol. The van der Waals surface area contributed by atoms with Crippen molar-refractivity contribution < 1.29 is 5.11 Å². The highest BCUT2D eigenvalue weighted by Gasteiger charge is 2.20. The third kappa shape index (κ3) is 2.07. The summed E-state index contributed by atoms with van der Waals surface area (Å²) >= 11 is 0. The van der Waals surface area contributed by atoms with Gasteiger partial charge in [0.1, 0.15) is 0 Å². The van der Waals surface area contributed by atoms with Gasteiger partial charge in [0, 0.05) is 13.1 Å². The van der Waals surface area contributed by atoms with E-state index in [9.17, 15) is 5.11 Å². The van der Waals surface area contributed by atoms with Gasteiger partial charge in [0.05, 0.1) is 17.5 Å². The number of benzene rings is 1. The number of nitrogens with zero attached hydrogens (tertiary/aromatic N) is 1. The van der Waals surface area contributed by atoms with E-state index in [1.807, 2.05) is 19.1 Å². The molecule has 3 nitrogen and oxygen atoms in total. The highest BCUT2D eigenvalue weighted by atomic mass is 16.3. The zero-order valence-electron chi connectivity index (χ0n) is 9.11. The molecular formula is C12H18N2O. The molecule has 0 bridgehead atoms. The average molecular weight is 206 g/mol. The van der Waals surface area contributed by atoms with Gasteiger partial charge in [0.15, 0.2) is 0 Å². The predicted molar refractivity (Wildman–Crippen MR) is 63.1 cm³/mol. The Kier molecular flexibility index (Phi) is 2.82. The lowest BCUT2D eigenvalue weighted by molar-refractivity contribution is 0.186. The van der Waals surface area contributed by atoms with Crippen LogP contribution in [0.15, 0.2) is 18.2 Å². The molecular weight excluding hydrogens is 188 g/mol. The maximum Gasteiger partial charge on any atom is 0.0633 e. The van der Waals surface area contributed by atoms with Gasteiger partial charge in [-0.1, -0.05) is 12.1 Å². The number of anilines is 2. The van der Waals surface area contributed by atoms with Crippen LogP contribution < -0.4 is 10.6 Å². The van der Waals surface area contributed by atoms with Crippen LogP contribution in [-0.4, -0.2) is 24.3 Å². The van der Waals surface area contributed by atoms with E-state index >= 15 is 0 Å². The quantitative estimate of drug-likeness (QED) is 0.735. The molecule has 3 heteroatoms. The fourth-order valence-electron chi connectivity index (χ4n) is 2.13. The lowest BCUT2D eigenvalue weighted by atomic mass is 10.1. The number of hydrogen-bond donors (Lipinski definition) is 2. The standard InChI is InChI=1S/C12H18N2O/c1-9(15)5-7-14-8-6-10-3-2-4-11(13)12(10)14/h2-4,9,15H,5-8,13H2,1H3. The Hall–Kier alpha value is -1.22. The molecule has 0 saturated heterocycles. The summed E-state index contributed by atoms with van der Waals surface area (Å²) in [5.74, 6) is 0. The second-order valence-electron chi connectivity index (χ2n) is 4.23. The SMILES string of the molecule is CC(O)CCN1CCc2cccc(N)c21. The van der Waals surface area contributed by atoms with Crippen LogP contribution in [0, 0.1) is 0 Å². The van der Waals surface area contributed by atoms with Gasteiger partial charge < -0.3 is 15.7 Å². The van der Waals surface area contributed by atoms with E-state index in [2.05, 4.69) is 11.0 Å². The average Bonchev–Trinajstić information content (AvgIpc) is 2.59. The predicted octanol–water partition coefficient (Wildman–Crippen LogP) is 1.40. The first-order valence-electron chi connectivity index (χ1n) is 5.49. The van der Waals surface area contributed by atoms with Gasteiger partial charge in [-0.15, -0.1) is 0 Å². The molecule has 3 N–H and O–H groups in total. The summed E-state index contributed by atoms with van der Waals surface area (Å²) in [5.41, 5.74) is 9.33. The molecule has 0 fully saturated rings. The molecule has 1 atom stereocenters. The molecule has 0 saturated carbocycles. The van der Waals surface area contributed by atoms with E-state index in [0.717, 1.165) is 31.6 Å². The summed E-state index contributed by atoms with van der Waals surface area (Å²) in [4.78, 5) is 2.28. The van der Waals surface area contributed by atoms with Crippen molar-refractivity contribution in [1.29, 1.82) is 0 Å². The van der Waals surface area contributed by atoms with E-state index in [0.29, 0.717) is 0 Å². The summed E-state index contributed by atoms with van der Waals surface area (Å²) in [6.45, 7) is 3.74. The van der Waals surface area contributed by atoms with E-state index in [1.54, 1.807) is 0 Å². The van der Waals surface area contributed by atoms with Gasteiger partial charge in [-0.3, -0.25) is 0 Å². The Morgan fingerprint density at radius 2 is 2.33 bits per heavy atom. The van der Waals surface area contributed by atoms with Crippen molar-refractivity contribution in [3.05, 3.63) is 23.8 Å². The first-order chi connectivity index (χ1) is 7.18. The molecule has 0 aromatic heterocycles. The van der Waals surface area contributed by atoms with Gasteiger partial charge in [-0.25, -0.2) is 0 Å². The minimum atomic E-state index is -0.237. The number of fused-ring (bicyclic) bond motifs is 1. The maximum absolute atomic E-state index is 9.27. The van der Waals surface area contributed by atoms with Crippen molar-refractivity contribution in [3.63, 3.8) is 0 Å². The number of para-hydroxylation sites is 1. The molecule has 15 heavy (non-hydrogen) atoms. The van der Waals surface area contributed by atoms with Crippen LogP contribution in [-0.2, 0) is 6.42 Å². The Morgan fingerprint density at radius 1 is 1.53 bits per heavy atom. The minimum absolute atomic E-state index is 0.237. The van der Waals surface area contributed by atoms with Crippen LogP contribution in [0.3, 0.4) is 0 Å². The lowest BCUT2D eigenvalue weighted by Gasteiger charge is -2.21. The lowest BCUT2D eigenvalue weighted by Crippen LogP contribution is -2.25. The van der Waals surface area contributed by atoms with E-state index in [-0.39, 0.29) is 6.10 Å². The van der Waals surface area contributed by atoms with Crippen molar-refractivity contribution >= 4 is 11.4 Å². The summed E-state index contributed by atoms with van der Waals surface area (Å²) < 4.78 is 0. The fourth-order valence-corrected chi connectivity index (χ4v) is 2.13. The van der Waals surface area contributed by atoms with Gasteiger partial charge in [0.25, 0.3) is 0 Å². The zero-order valence-corrected chi connectivity index (χ0v) is 9.11. The summed E-state index contributed by atoms with van der Waals surface area (Å²) in [6, 6.07) is 6.08. The maximum atomic E-state index is 9.27. The number of aliphatic hydroxyl groups excluding tert-OH is 1. The zero-order chi connectivity index (χ0) is 10.8. The molecule has 2 rings (SSSR count). The Morgan fingerprint density at radius 3 is 3.07 bits per heavy atom. The van der Waals surface area contributed by atoms with E-state index in [1.165, 1.54) is 11.3 Å². The number of rotatable bonds is 3. The van der Waals surface area contributed by atoms with Crippen molar-refractivity contribution in [2.24, 2.45) is 0 Å². The van der Waals surface area contributed by atoms with Crippen molar-refractivity contribution in [3.8, 4) is 0 Å². The summed E-state index contributed by atoms with van der Waals surface area (Å²) in [6.07, 6.45) is 1.63. The number of aliphatic hydroxyl groups is 1. The summed E-state index contributed by atoms with van der Waals surface area (Å²) in [5, 5.41) is 9.27. The van der Waals surface area contributed by atoms with Crippen molar-refractivity contribution in [2.75, 3.05) is 23.7 Å². The second kappa shape index (κ2) is 4.11. The number of nitrogens with two attached hydrogens (primary N) is 1. The third-order valence-electron chi connectivity index (χ3n) is 2.93. The molecule has 0 radical (unpaired) electrons. The molecule has 1 aliphatic rings. The minimum Gasteiger partial charge on any atom is -0.397 e. The van der Waals surface area contributed by atoms with E-state index < -0.39 is 0 Å². The van der Waals surface area contributed by atoms with Crippen LogP contribution in [0.2, 0.25) is 0 Å². The van der Waals surface area contributed by atoms with Crippen molar-refractivity contribution in [1.82, 2.24) is 0 Å². The smallest absolute Gasteiger partial charge is 0.0633 e. The van der Waals surface area contributed by atoms with Gasteiger partial charge in [-0.2, -0.15) is 0 Å². The molecule has 1 aliphatic heterocycles. The van der Waals surface area contributed by atoms with Gasteiger partial charge in [0.2, 0.25) is 0 Å². The third-order valence-corrected chi connectivity index (χ3v) is 2.93. The highest BCUT2D eigenvalue weighted by Crippen LogP contribution is 2.33. The van der Waals surface area contributed by atoms with E-state index in [4.69, 9.17) is 5.73 Å². The number of hydrogen-bond acceptors (Lipinski definition) is 3. The Labute approximate surface area is 90.5 Å². The van der Waals surface area contributed by atoms with Crippen LogP contribution in [0.1, 0.15) is 18.9 Å². The highest BCUT2D eigenvalue weighted by molar-refractivity contribution is 5.74. The second-order valence-corrected chi connectivity index (χ2v) is 4.23. The molecule has 1 unspecified atom stereocenters. The molecule has 1 aromatic rings. The molecule has 1 aromatic carbocycles. The Bertz CT molecular complexity index is 349.